The van der Waals surface area contributed by atoms with Crippen molar-refractivity contribution < 1.29 is 9.47 Å². The van der Waals surface area contributed by atoms with Gasteiger partial charge in [-0.25, -0.2) is 0 Å². The van der Waals surface area contributed by atoms with Crippen LogP contribution in [0.15, 0.2) is 11.1 Å². The first kappa shape index (κ1) is 15.7. The van der Waals surface area contributed by atoms with Crippen LogP contribution in [0.1, 0.15) is 46.5 Å². The summed E-state index contributed by atoms with van der Waals surface area (Å²) in [4.78, 5) is 0. The molecule has 96 valence electrons. The van der Waals surface area contributed by atoms with Crippen molar-refractivity contribution in [1.29, 1.82) is 0 Å². The molecule has 0 saturated heterocycles. The van der Waals surface area contributed by atoms with E-state index >= 15 is 0 Å². The Bertz CT molecular complexity index is 187. The minimum Gasteiger partial charge on any atom is -0.380 e. The molecule has 0 unspecified atom stereocenters. The van der Waals surface area contributed by atoms with Gasteiger partial charge in [-0.05, 0) is 30.8 Å². The van der Waals surface area contributed by atoms with E-state index in [0.717, 1.165) is 5.92 Å². The first-order chi connectivity index (χ1) is 7.65. The van der Waals surface area contributed by atoms with Gasteiger partial charge in [0.1, 0.15) is 0 Å². The lowest BCUT2D eigenvalue weighted by atomic mass is 9.95. The van der Waals surface area contributed by atoms with Crippen LogP contribution in [0.4, 0.5) is 0 Å². The van der Waals surface area contributed by atoms with Crippen LogP contribution in [0.5, 0.6) is 0 Å². The molecule has 0 aliphatic rings. The highest BCUT2D eigenvalue weighted by molar-refractivity contribution is 5.15. The van der Waals surface area contributed by atoms with Crippen molar-refractivity contribution in [3.63, 3.8) is 0 Å². The Hall–Kier alpha value is -0.340. The molecular weight excluding hydrogens is 200 g/mol. The summed E-state index contributed by atoms with van der Waals surface area (Å²) in [5, 5.41) is 0. The van der Waals surface area contributed by atoms with Crippen LogP contribution >= 0.6 is 0 Å². The van der Waals surface area contributed by atoms with E-state index in [1.165, 1.54) is 31.3 Å². The van der Waals surface area contributed by atoms with Crippen LogP contribution in [0.2, 0.25) is 0 Å². The third-order valence-electron chi connectivity index (χ3n) is 2.71. The van der Waals surface area contributed by atoms with E-state index in [1.54, 1.807) is 19.8 Å². The molecule has 0 amide bonds. The average Bonchev–Trinajstić information content (AvgIpc) is 2.24. The molecule has 0 rings (SSSR count). The van der Waals surface area contributed by atoms with Gasteiger partial charge in [0, 0.05) is 14.2 Å². The fraction of sp³-hybridized carbons (Fsp3) is 0.857. The van der Waals surface area contributed by atoms with Crippen molar-refractivity contribution in [2.75, 3.05) is 27.4 Å². The zero-order chi connectivity index (χ0) is 12.4. The lowest BCUT2D eigenvalue weighted by molar-refractivity contribution is 0.179. The molecule has 0 aromatic heterocycles. The highest BCUT2D eigenvalue weighted by Crippen LogP contribution is 2.20. The molecule has 0 aromatic rings. The van der Waals surface area contributed by atoms with E-state index < -0.39 is 0 Å². The second-order valence-electron chi connectivity index (χ2n) is 4.76. The molecule has 0 aromatic carbocycles. The van der Waals surface area contributed by atoms with Crippen LogP contribution in [-0.4, -0.2) is 27.4 Å². The summed E-state index contributed by atoms with van der Waals surface area (Å²) in [5.74, 6) is 0.762. The molecule has 0 atom stereocenters. The van der Waals surface area contributed by atoms with Gasteiger partial charge in [0.05, 0.1) is 13.2 Å². The van der Waals surface area contributed by atoms with Gasteiger partial charge in [0.25, 0.3) is 0 Å². The SMILES string of the molecule is CCCC(CCC(C)C)=C(COC)COC. The van der Waals surface area contributed by atoms with Gasteiger partial charge in [0.15, 0.2) is 0 Å². The lowest BCUT2D eigenvalue weighted by Gasteiger charge is -2.15. The third kappa shape index (κ3) is 7.02. The summed E-state index contributed by atoms with van der Waals surface area (Å²) in [5.41, 5.74) is 2.88. The van der Waals surface area contributed by atoms with Gasteiger partial charge in [-0.3, -0.25) is 0 Å². The maximum absolute atomic E-state index is 5.25. The second kappa shape index (κ2) is 9.86. The van der Waals surface area contributed by atoms with Crippen LogP contribution in [0, 0.1) is 5.92 Å². The first-order valence-electron chi connectivity index (χ1n) is 6.33. The van der Waals surface area contributed by atoms with Crippen LogP contribution in [0.3, 0.4) is 0 Å². The Morgan fingerprint density at radius 2 is 1.50 bits per heavy atom. The summed E-state index contributed by atoms with van der Waals surface area (Å²) >= 11 is 0. The van der Waals surface area contributed by atoms with Crippen LogP contribution in [0.25, 0.3) is 0 Å². The zero-order valence-corrected chi connectivity index (χ0v) is 11.6. The number of rotatable bonds is 9. The Morgan fingerprint density at radius 1 is 0.938 bits per heavy atom. The van der Waals surface area contributed by atoms with Crippen LogP contribution in [-0.2, 0) is 9.47 Å². The molecule has 0 saturated carbocycles. The topological polar surface area (TPSA) is 18.5 Å². The molecule has 0 spiro atoms. The zero-order valence-electron chi connectivity index (χ0n) is 11.6. The highest BCUT2D eigenvalue weighted by atomic mass is 16.5. The number of methoxy groups -OCH3 is 2. The van der Waals surface area contributed by atoms with Crippen molar-refractivity contribution >= 4 is 0 Å². The summed E-state index contributed by atoms with van der Waals surface area (Å²) in [6, 6.07) is 0. The number of ether oxygens (including phenoxy) is 2. The molecule has 0 aliphatic carbocycles. The smallest absolute Gasteiger partial charge is 0.0697 e. The summed E-state index contributed by atoms with van der Waals surface area (Å²) in [7, 11) is 3.50. The molecule has 2 nitrogen and oxygen atoms in total. The Labute approximate surface area is 101 Å². The van der Waals surface area contributed by atoms with Gasteiger partial charge in [0.2, 0.25) is 0 Å². The highest BCUT2D eigenvalue weighted by Gasteiger charge is 2.07. The van der Waals surface area contributed by atoms with Crippen LogP contribution < -0.4 is 0 Å². The van der Waals surface area contributed by atoms with Crippen molar-refractivity contribution in [3.05, 3.63) is 11.1 Å². The molecule has 16 heavy (non-hydrogen) atoms. The molecule has 0 fully saturated rings. The minimum atomic E-state index is 0.710. The van der Waals surface area contributed by atoms with E-state index in [4.69, 9.17) is 9.47 Å². The largest absolute Gasteiger partial charge is 0.380 e. The normalized spacial score (nSPS) is 10.9. The predicted octanol–water partition coefficient (Wildman–Crippen LogP) is 3.81. The quantitative estimate of drug-likeness (QED) is 0.559. The van der Waals surface area contributed by atoms with Gasteiger partial charge >= 0.3 is 0 Å². The standard InChI is InChI=1S/C14H28O2/c1-6-7-13(9-8-12(2)3)14(10-15-4)11-16-5/h12H,6-11H2,1-5H3. The first-order valence-corrected chi connectivity index (χ1v) is 6.33. The maximum Gasteiger partial charge on any atom is 0.0697 e. The fourth-order valence-corrected chi connectivity index (χ4v) is 1.84. The molecular formula is C14H28O2. The number of hydrogen-bond donors (Lipinski definition) is 0. The molecule has 2 heteroatoms. The number of allylic oxidation sites excluding steroid dienone is 1. The van der Waals surface area contributed by atoms with E-state index in [0.29, 0.717) is 13.2 Å². The molecule has 0 heterocycles. The van der Waals surface area contributed by atoms with E-state index in [-0.39, 0.29) is 0 Å². The monoisotopic (exact) mass is 228 g/mol. The predicted molar refractivity (Wildman–Crippen MR) is 69.8 cm³/mol. The summed E-state index contributed by atoms with van der Waals surface area (Å²) in [6.07, 6.45) is 4.82. The van der Waals surface area contributed by atoms with E-state index in [2.05, 4.69) is 20.8 Å². The van der Waals surface area contributed by atoms with E-state index in [1.807, 2.05) is 0 Å². The Morgan fingerprint density at radius 3 is 1.88 bits per heavy atom. The van der Waals surface area contributed by atoms with Crippen molar-refractivity contribution in [2.45, 2.75) is 46.5 Å². The van der Waals surface area contributed by atoms with Gasteiger partial charge < -0.3 is 9.47 Å². The molecule has 0 N–H and O–H groups in total. The lowest BCUT2D eigenvalue weighted by Crippen LogP contribution is -2.07. The number of hydrogen-bond acceptors (Lipinski definition) is 2. The van der Waals surface area contributed by atoms with Crippen molar-refractivity contribution in [1.82, 2.24) is 0 Å². The van der Waals surface area contributed by atoms with E-state index in [9.17, 15) is 0 Å². The Kier molecular flexibility index (Phi) is 9.65. The minimum absolute atomic E-state index is 0.710. The van der Waals surface area contributed by atoms with Crippen molar-refractivity contribution in [2.24, 2.45) is 5.92 Å². The van der Waals surface area contributed by atoms with Gasteiger partial charge in [-0.15, -0.1) is 0 Å². The summed E-state index contributed by atoms with van der Waals surface area (Å²) < 4.78 is 10.5. The molecule has 0 bridgehead atoms. The molecule has 0 aliphatic heterocycles. The van der Waals surface area contributed by atoms with Crippen molar-refractivity contribution in [3.8, 4) is 0 Å². The van der Waals surface area contributed by atoms with Gasteiger partial charge in [-0.2, -0.15) is 0 Å². The Balaban J connectivity index is 4.53. The average molecular weight is 228 g/mol. The second-order valence-corrected chi connectivity index (χ2v) is 4.76. The maximum atomic E-state index is 5.25. The fourth-order valence-electron chi connectivity index (χ4n) is 1.84. The third-order valence-corrected chi connectivity index (χ3v) is 2.71. The summed E-state index contributed by atoms with van der Waals surface area (Å²) in [6.45, 7) is 8.20. The molecule has 0 radical (unpaired) electrons. The van der Waals surface area contributed by atoms with Gasteiger partial charge in [-0.1, -0.05) is 32.8 Å².